The average Bonchev–Trinajstić information content (AvgIpc) is 2.43. The molecule has 0 fully saturated rings. The Morgan fingerprint density at radius 2 is 1.95 bits per heavy atom. The van der Waals surface area contributed by atoms with Gasteiger partial charge in [0.1, 0.15) is 17.5 Å². The number of rotatable bonds is 5. The fourth-order valence-corrected chi connectivity index (χ4v) is 2.07. The molecular formula is C15H17ClFN3. The minimum atomic E-state index is -0.368. The van der Waals surface area contributed by atoms with Gasteiger partial charge in [0.05, 0.1) is 5.69 Å². The van der Waals surface area contributed by atoms with Crippen LogP contribution in [0.1, 0.15) is 26.1 Å². The highest BCUT2D eigenvalue weighted by Gasteiger charge is 2.08. The Labute approximate surface area is 123 Å². The normalized spacial score (nSPS) is 10.6. The molecule has 0 aliphatic carbocycles. The Morgan fingerprint density at radius 3 is 2.60 bits per heavy atom. The van der Waals surface area contributed by atoms with Gasteiger partial charge in [-0.2, -0.15) is 0 Å². The Balaban J connectivity index is 2.43. The molecule has 1 N–H and O–H groups in total. The van der Waals surface area contributed by atoms with E-state index in [1.807, 2.05) is 13.0 Å². The van der Waals surface area contributed by atoms with Gasteiger partial charge in [-0.1, -0.05) is 25.4 Å². The molecule has 5 heteroatoms. The van der Waals surface area contributed by atoms with Crippen molar-refractivity contribution in [3.05, 3.63) is 40.9 Å². The van der Waals surface area contributed by atoms with Crippen molar-refractivity contribution in [2.45, 2.75) is 26.7 Å². The maximum Gasteiger partial charge on any atom is 0.131 e. The molecule has 3 nitrogen and oxygen atoms in total. The van der Waals surface area contributed by atoms with Crippen molar-refractivity contribution in [3.63, 3.8) is 0 Å². The lowest BCUT2D eigenvalue weighted by atomic mass is 10.1. The molecule has 1 heterocycles. The van der Waals surface area contributed by atoms with Crippen molar-refractivity contribution in [1.29, 1.82) is 0 Å². The minimum Gasteiger partial charge on any atom is -0.370 e. The van der Waals surface area contributed by atoms with Crippen LogP contribution in [-0.4, -0.2) is 16.5 Å². The maximum atomic E-state index is 13.5. The minimum absolute atomic E-state index is 0.361. The molecule has 0 aliphatic heterocycles. The fourth-order valence-electron chi connectivity index (χ4n) is 1.85. The van der Waals surface area contributed by atoms with Crippen LogP contribution >= 0.6 is 11.6 Å². The average molecular weight is 294 g/mol. The summed E-state index contributed by atoms with van der Waals surface area (Å²) in [5.41, 5.74) is 1.34. The first kappa shape index (κ1) is 14.7. The van der Waals surface area contributed by atoms with E-state index in [4.69, 9.17) is 11.6 Å². The Morgan fingerprint density at radius 1 is 1.15 bits per heavy atom. The lowest BCUT2D eigenvalue weighted by molar-refractivity contribution is 0.628. The first-order valence-electron chi connectivity index (χ1n) is 6.70. The van der Waals surface area contributed by atoms with E-state index in [-0.39, 0.29) is 5.82 Å². The molecule has 0 radical (unpaired) electrons. The highest BCUT2D eigenvalue weighted by Crippen LogP contribution is 2.24. The van der Waals surface area contributed by atoms with Gasteiger partial charge >= 0.3 is 0 Å². The molecule has 0 saturated carbocycles. The summed E-state index contributed by atoms with van der Waals surface area (Å²) in [7, 11) is 0. The van der Waals surface area contributed by atoms with E-state index in [0.29, 0.717) is 16.3 Å². The Bertz CT molecular complexity index is 581. The molecule has 0 atom stereocenters. The third kappa shape index (κ3) is 3.67. The van der Waals surface area contributed by atoms with Gasteiger partial charge in [-0.15, -0.1) is 0 Å². The zero-order valence-electron chi connectivity index (χ0n) is 11.6. The van der Waals surface area contributed by atoms with Gasteiger partial charge in [-0.3, -0.25) is 0 Å². The third-order valence-electron chi connectivity index (χ3n) is 2.80. The Kier molecular flexibility index (Phi) is 4.90. The molecular weight excluding hydrogens is 277 g/mol. The van der Waals surface area contributed by atoms with Crippen LogP contribution in [0.4, 0.5) is 10.2 Å². The number of anilines is 1. The van der Waals surface area contributed by atoms with Crippen LogP contribution in [0, 0.1) is 5.82 Å². The molecule has 20 heavy (non-hydrogen) atoms. The number of hydrogen-bond acceptors (Lipinski definition) is 3. The van der Waals surface area contributed by atoms with Crippen LogP contribution in [0.3, 0.4) is 0 Å². The second-order valence-corrected chi connectivity index (χ2v) is 4.93. The Hall–Kier alpha value is -1.68. The van der Waals surface area contributed by atoms with E-state index < -0.39 is 0 Å². The molecule has 2 aromatic rings. The highest BCUT2D eigenvalue weighted by atomic mass is 35.5. The van der Waals surface area contributed by atoms with Crippen LogP contribution in [0.15, 0.2) is 24.3 Å². The van der Waals surface area contributed by atoms with Crippen LogP contribution in [0.5, 0.6) is 0 Å². The van der Waals surface area contributed by atoms with Gasteiger partial charge in [0, 0.05) is 29.6 Å². The number of nitrogens with zero attached hydrogens (tertiary/aromatic N) is 2. The number of aromatic nitrogens is 2. The summed E-state index contributed by atoms with van der Waals surface area (Å²) >= 11 is 5.90. The second-order valence-electron chi connectivity index (χ2n) is 4.49. The van der Waals surface area contributed by atoms with Crippen LogP contribution in [0.2, 0.25) is 5.02 Å². The van der Waals surface area contributed by atoms with Gasteiger partial charge in [0.2, 0.25) is 0 Å². The molecule has 2 rings (SSSR count). The summed E-state index contributed by atoms with van der Waals surface area (Å²) in [6.45, 7) is 4.91. The van der Waals surface area contributed by atoms with Gasteiger partial charge in [0.25, 0.3) is 0 Å². The van der Waals surface area contributed by atoms with E-state index >= 15 is 0 Å². The quantitative estimate of drug-likeness (QED) is 0.892. The molecule has 1 aromatic carbocycles. The summed E-state index contributed by atoms with van der Waals surface area (Å²) < 4.78 is 13.5. The summed E-state index contributed by atoms with van der Waals surface area (Å²) in [6.07, 6.45) is 1.73. The van der Waals surface area contributed by atoms with Gasteiger partial charge < -0.3 is 5.32 Å². The zero-order valence-corrected chi connectivity index (χ0v) is 12.3. The lowest BCUT2D eigenvalue weighted by Gasteiger charge is -2.09. The number of halogens is 2. The fraction of sp³-hybridized carbons (Fsp3) is 0.333. The van der Waals surface area contributed by atoms with Crippen molar-refractivity contribution in [2.24, 2.45) is 0 Å². The molecule has 0 bridgehead atoms. The predicted molar refractivity (Wildman–Crippen MR) is 80.6 cm³/mol. The van der Waals surface area contributed by atoms with E-state index in [9.17, 15) is 4.39 Å². The predicted octanol–water partition coefficient (Wildman–Crippen LogP) is 4.32. The zero-order chi connectivity index (χ0) is 14.5. The standard InChI is InChI=1S/C15H17ClFN3/c1-3-5-18-15-9-13(19-14(4-2)20-15)10-6-11(16)8-12(17)7-10/h6-9H,3-5H2,1-2H3,(H,18,19,20). The van der Waals surface area contributed by atoms with Crippen molar-refractivity contribution in [1.82, 2.24) is 9.97 Å². The molecule has 0 saturated heterocycles. The summed E-state index contributed by atoms with van der Waals surface area (Å²) in [6, 6.07) is 6.23. The van der Waals surface area contributed by atoms with Crippen molar-refractivity contribution >= 4 is 17.4 Å². The topological polar surface area (TPSA) is 37.8 Å². The molecule has 0 unspecified atom stereocenters. The number of nitrogens with one attached hydrogen (secondary N) is 1. The first-order valence-corrected chi connectivity index (χ1v) is 7.08. The largest absolute Gasteiger partial charge is 0.370 e. The SMILES string of the molecule is CCCNc1cc(-c2cc(F)cc(Cl)c2)nc(CC)n1. The second kappa shape index (κ2) is 6.66. The lowest BCUT2D eigenvalue weighted by Crippen LogP contribution is -2.05. The van der Waals surface area contributed by atoms with E-state index in [1.165, 1.54) is 12.1 Å². The molecule has 0 spiro atoms. The van der Waals surface area contributed by atoms with Crippen LogP contribution in [-0.2, 0) is 6.42 Å². The van der Waals surface area contributed by atoms with Gasteiger partial charge in [-0.05, 0) is 24.6 Å². The highest BCUT2D eigenvalue weighted by molar-refractivity contribution is 6.30. The van der Waals surface area contributed by atoms with Crippen molar-refractivity contribution < 1.29 is 4.39 Å². The van der Waals surface area contributed by atoms with Gasteiger partial charge in [0.15, 0.2) is 0 Å². The first-order chi connectivity index (χ1) is 9.62. The molecule has 0 aliphatic rings. The van der Waals surface area contributed by atoms with Crippen LogP contribution < -0.4 is 5.32 Å². The van der Waals surface area contributed by atoms with E-state index in [0.717, 1.165) is 31.0 Å². The summed E-state index contributed by atoms with van der Waals surface area (Å²) in [4.78, 5) is 8.85. The van der Waals surface area contributed by atoms with E-state index in [1.54, 1.807) is 6.07 Å². The number of aryl methyl sites for hydroxylation is 1. The number of benzene rings is 1. The summed E-state index contributed by atoms with van der Waals surface area (Å²) in [5, 5.41) is 3.59. The third-order valence-corrected chi connectivity index (χ3v) is 3.02. The number of hydrogen-bond donors (Lipinski definition) is 1. The monoisotopic (exact) mass is 293 g/mol. The smallest absolute Gasteiger partial charge is 0.131 e. The molecule has 0 amide bonds. The summed E-state index contributed by atoms with van der Waals surface area (Å²) in [5.74, 6) is 1.11. The molecule has 1 aromatic heterocycles. The van der Waals surface area contributed by atoms with Crippen molar-refractivity contribution in [2.75, 3.05) is 11.9 Å². The van der Waals surface area contributed by atoms with Crippen LogP contribution in [0.25, 0.3) is 11.3 Å². The van der Waals surface area contributed by atoms with Gasteiger partial charge in [-0.25, -0.2) is 14.4 Å². The van der Waals surface area contributed by atoms with E-state index in [2.05, 4.69) is 22.2 Å². The maximum absolute atomic E-state index is 13.5. The molecule has 106 valence electrons. The van der Waals surface area contributed by atoms with Crippen molar-refractivity contribution in [3.8, 4) is 11.3 Å².